The van der Waals surface area contributed by atoms with Crippen LogP contribution in [-0.2, 0) is 0 Å². The zero-order chi connectivity index (χ0) is 18.2. The molecule has 0 amide bonds. The average molecular weight is 353 g/mol. The van der Waals surface area contributed by atoms with Crippen molar-refractivity contribution < 1.29 is 4.74 Å². The van der Waals surface area contributed by atoms with E-state index in [-0.39, 0.29) is 0 Å². The lowest BCUT2D eigenvalue weighted by Crippen LogP contribution is -2.21. The van der Waals surface area contributed by atoms with Crippen molar-refractivity contribution in [1.29, 1.82) is 0 Å². The highest BCUT2D eigenvalue weighted by Gasteiger charge is 2.26. The summed E-state index contributed by atoms with van der Waals surface area (Å²) in [5, 5.41) is 0. The molecule has 1 nitrogen and oxygen atoms in total. The van der Waals surface area contributed by atoms with Gasteiger partial charge in [0.25, 0.3) is 0 Å². The first-order chi connectivity index (χ1) is 12.8. The molecular formula is C25H36O. The van der Waals surface area contributed by atoms with Gasteiger partial charge in [0, 0.05) is 0 Å². The predicted octanol–water partition coefficient (Wildman–Crippen LogP) is 7.43. The third-order valence-corrected chi connectivity index (χ3v) is 6.52. The van der Waals surface area contributed by atoms with E-state index in [9.17, 15) is 0 Å². The Balaban J connectivity index is 1.44. The quantitative estimate of drug-likeness (QED) is 0.442. The summed E-state index contributed by atoms with van der Waals surface area (Å²) in [6.07, 6.45) is 21.5. The predicted molar refractivity (Wildman–Crippen MR) is 112 cm³/mol. The number of hydrogen-bond acceptors (Lipinski definition) is 1. The molecule has 0 spiro atoms. The van der Waals surface area contributed by atoms with Crippen LogP contribution in [0.1, 0.15) is 76.7 Å². The summed E-state index contributed by atoms with van der Waals surface area (Å²) in [7, 11) is 1.72. The largest absolute Gasteiger partial charge is 0.497 e. The van der Waals surface area contributed by atoms with E-state index in [1.54, 1.807) is 7.11 Å². The number of unbranched alkanes of at least 4 members (excludes halogenated alkanes) is 3. The molecule has 1 atom stereocenters. The molecule has 2 aliphatic rings. The number of hydrogen-bond donors (Lipinski definition) is 0. The van der Waals surface area contributed by atoms with Gasteiger partial charge < -0.3 is 4.74 Å². The van der Waals surface area contributed by atoms with E-state index in [0.29, 0.717) is 0 Å². The van der Waals surface area contributed by atoms with Crippen molar-refractivity contribution in [2.45, 2.75) is 71.1 Å². The van der Waals surface area contributed by atoms with Gasteiger partial charge in [0.1, 0.15) is 5.75 Å². The molecule has 2 aliphatic carbocycles. The maximum atomic E-state index is 5.26. The summed E-state index contributed by atoms with van der Waals surface area (Å²) < 4.78 is 5.26. The molecule has 1 aromatic rings. The van der Waals surface area contributed by atoms with Gasteiger partial charge in [-0.25, -0.2) is 0 Å². The van der Waals surface area contributed by atoms with Crippen molar-refractivity contribution in [3.63, 3.8) is 0 Å². The van der Waals surface area contributed by atoms with Crippen LogP contribution in [0.15, 0.2) is 42.5 Å². The normalized spacial score (nSPS) is 25.8. The highest BCUT2D eigenvalue weighted by molar-refractivity contribution is 5.75. The molecule has 0 bridgehead atoms. The molecule has 1 aromatic carbocycles. The van der Waals surface area contributed by atoms with Crippen molar-refractivity contribution in [2.75, 3.05) is 7.11 Å². The van der Waals surface area contributed by atoms with Crippen molar-refractivity contribution in [3.8, 4) is 5.75 Å². The van der Waals surface area contributed by atoms with Crippen molar-refractivity contribution in [1.82, 2.24) is 0 Å². The van der Waals surface area contributed by atoms with Gasteiger partial charge >= 0.3 is 0 Å². The maximum Gasteiger partial charge on any atom is 0.118 e. The first-order valence-electron chi connectivity index (χ1n) is 10.8. The lowest BCUT2D eigenvalue weighted by molar-refractivity contribution is 0.218. The second-order valence-corrected chi connectivity index (χ2v) is 8.28. The van der Waals surface area contributed by atoms with Crippen LogP contribution in [0.2, 0.25) is 0 Å². The fourth-order valence-electron chi connectivity index (χ4n) is 4.75. The van der Waals surface area contributed by atoms with Gasteiger partial charge in [-0.1, -0.05) is 82.2 Å². The second-order valence-electron chi connectivity index (χ2n) is 8.28. The van der Waals surface area contributed by atoms with Crippen LogP contribution in [0.25, 0.3) is 5.57 Å². The van der Waals surface area contributed by atoms with Crippen LogP contribution >= 0.6 is 0 Å². The summed E-state index contributed by atoms with van der Waals surface area (Å²) in [5.41, 5.74) is 2.67. The molecule has 26 heavy (non-hydrogen) atoms. The van der Waals surface area contributed by atoms with Crippen LogP contribution in [0.4, 0.5) is 0 Å². The van der Waals surface area contributed by atoms with Crippen molar-refractivity contribution in [2.24, 2.45) is 17.8 Å². The Kier molecular flexibility index (Phi) is 7.41. The minimum absolute atomic E-state index is 0.762. The molecule has 1 unspecified atom stereocenters. The van der Waals surface area contributed by atoms with Gasteiger partial charge in [0.2, 0.25) is 0 Å². The topological polar surface area (TPSA) is 9.23 Å². The number of rotatable bonds is 8. The Morgan fingerprint density at radius 3 is 2.35 bits per heavy atom. The van der Waals surface area contributed by atoms with Gasteiger partial charge in [0.05, 0.1) is 7.11 Å². The summed E-state index contributed by atoms with van der Waals surface area (Å²) in [5.74, 6) is 3.62. The number of allylic oxidation sites excluding steroid dienone is 4. The molecule has 1 heteroatoms. The van der Waals surface area contributed by atoms with E-state index in [1.807, 2.05) is 0 Å². The summed E-state index contributed by atoms with van der Waals surface area (Å²) in [6, 6.07) is 8.44. The SMILES string of the molecule is CCCCCCC1CCC(C2C=CC(c3ccc(OC)cc3)=CC2)CC1. The van der Waals surface area contributed by atoms with Crippen LogP contribution in [0.5, 0.6) is 5.75 Å². The highest BCUT2D eigenvalue weighted by Crippen LogP contribution is 2.39. The molecule has 0 aliphatic heterocycles. The smallest absolute Gasteiger partial charge is 0.118 e. The van der Waals surface area contributed by atoms with E-state index in [4.69, 9.17) is 4.74 Å². The summed E-state index contributed by atoms with van der Waals surface area (Å²) >= 11 is 0. The zero-order valence-electron chi connectivity index (χ0n) is 16.8. The van der Waals surface area contributed by atoms with Crippen molar-refractivity contribution in [3.05, 3.63) is 48.1 Å². The molecule has 0 radical (unpaired) electrons. The minimum Gasteiger partial charge on any atom is -0.497 e. The lowest BCUT2D eigenvalue weighted by Gasteiger charge is -2.33. The van der Waals surface area contributed by atoms with Gasteiger partial charge in [-0.05, 0) is 60.3 Å². The first-order valence-corrected chi connectivity index (χ1v) is 10.8. The van der Waals surface area contributed by atoms with Crippen LogP contribution in [0, 0.1) is 17.8 Å². The van der Waals surface area contributed by atoms with Crippen molar-refractivity contribution >= 4 is 5.57 Å². The van der Waals surface area contributed by atoms with E-state index in [2.05, 4.69) is 49.4 Å². The number of benzene rings is 1. The molecular weight excluding hydrogens is 316 g/mol. The fraction of sp³-hybridized carbons (Fsp3) is 0.600. The molecule has 142 valence electrons. The molecule has 0 aromatic heterocycles. The zero-order valence-corrected chi connectivity index (χ0v) is 16.8. The Hall–Kier alpha value is -1.50. The third-order valence-electron chi connectivity index (χ3n) is 6.52. The third kappa shape index (κ3) is 5.25. The van der Waals surface area contributed by atoms with E-state index < -0.39 is 0 Å². The molecule has 3 rings (SSSR count). The molecule has 1 fully saturated rings. The molecule has 0 saturated heterocycles. The van der Waals surface area contributed by atoms with Gasteiger partial charge in [-0.15, -0.1) is 0 Å². The Labute approximate surface area is 160 Å². The van der Waals surface area contributed by atoms with Crippen LogP contribution < -0.4 is 4.74 Å². The monoisotopic (exact) mass is 352 g/mol. The lowest BCUT2D eigenvalue weighted by atomic mass is 9.72. The van der Waals surface area contributed by atoms with E-state index in [0.717, 1.165) is 23.5 Å². The number of ether oxygens (including phenoxy) is 1. The fourth-order valence-corrected chi connectivity index (χ4v) is 4.75. The molecule has 0 N–H and O–H groups in total. The van der Waals surface area contributed by atoms with Gasteiger partial charge in [-0.3, -0.25) is 0 Å². The number of methoxy groups -OCH3 is 1. The average Bonchev–Trinajstić information content (AvgIpc) is 2.72. The Morgan fingerprint density at radius 2 is 1.73 bits per heavy atom. The summed E-state index contributed by atoms with van der Waals surface area (Å²) in [6.45, 7) is 2.30. The Morgan fingerprint density at radius 1 is 0.962 bits per heavy atom. The second kappa shape index (κ2) is 10.00. The van der Waals surface area contributed by atoms with Crippen LogP contribution in [0.3, 0.4) is 0 Å². The standard InChI is InChI=1S/C25H36O/c1-3-4-5-6-7-20-8-10-21(11-9-20)22-12-14-23(15-13-22)24-16-18-25(26-2)19-17-24/h12,14-22H,3-11,13H2,1-2H3. The first kappa shape index (κ1) is 19.3. The summed E-state index contributed by atoms with van der Waals surface area (Å²) in [4.78, 5) is 0. The minimum atomic E-state index is 0.762. The van der Waals surface area contributed by atoms with Crippen LogP contribution in [-0.4, -0.2) is 7.11 Å². The Bertz CT molecular complexity index is 587. The van der Waals surface area contributed by atoms with Gasteiger partial charge in [0.15, 0.2) is 0 Å². The van der Waals surface area contributed by atoms with Gasteiger partial charge in [-0.2, -0.15) is 0 Å². The maximum absolute atomic E-state index is 5.26. The molecule has 1 saturated carbocycles. The van der Waals surface area contributed by atoms with E-state index in [1.165, 1.54) is 75.3 Å². The highest BCUT2D eigenvalue weighted by atomic mass is 16.5. The molecule has 0 heterocycles. The van der Waals surface area contributed by atoms with E-state index >= 15 is 0 Å².